The summed E-state index contributed by atoms with van der Waals surface area (Å²) in [4.78, 5) is 12.7. The molecule has 0 fully saturated rings. The Hall–Kier alpha value is -3.31. The second-order valence-corrected chi connectivity index (χ2v) is 6.32. The summed E-state index contributed by atoms with van der Waals surface area (Å²) in [6, 6.07) is 10.8. The number of aryl methyl sites for hydroxylation is 2. The first-order valence-electron chi connectivity index (χ1n) is 8.95. The Labute approximate surface area is 165 Å². The number of ether oxygens (including phenoxy) is 1. The molecule has 2 rings (SSSR count). The third-order valence-corrected chi connectivity index (χ3v) is 4.19. The molecule has 0 aliphatic carbocycles. The molecule has 0 unspecified atom stereocenters. The summed E-state index contributed by atoms with van der Waals surface area (Å²) in [5.74, 6) is 0.549. The summed E-state index contributed by atoms with van der Waals surface area (Å²) < 4.78 is 5.65. The fourth-order valence-electron chi connectivity index (χ4n) is 2.92. The lowest BCUT2D eigenvalue weighted by molar-refractivity contribution is 0.102. The van der Waals surface area contributed by atoms with Crippen LogP contribution in [-0.2, 0) is 0 Å². The van der Waals surface area contributed by atoms with E-state index in [4.69, 9.17) is 10.5 Å². The molecule has 0 spiro atoms. The number of benzene rings is 2. The van der Waals surface area contributed by atoms with Crippen molar-refractivity contribution < 1.29 is 14.6 Å². The lowest BCUT2D eigenvalue weighted by Gasteiger charge is -2.14. The molecule has 0 heterocycles. The van der Waals surface area contributed by atoms with Gasteiger partial charge in [0.05, 0.1) is 0 Å². The molecule has 5 heteroatoms. The van der Waals surface area contributed by atoms with E-state index in [2.05, 4.69) is 18.5 Å². The van der Waals surface area contributed by atoms with Gasteiger partial charge in [0.2, 0.25) is 0 Å². The molecule has 2 aromatic rings. The van der Waals surface area contributed by atoms with Crippen molar-refractivity contribution in [1.82, 2.24) is 0 Å². The van der Waals surface area contributed by atoms with E-state index >= 15 is 0 Å². The van der Waals surface area contributed by atoms with Crippen LogP contribution in [0.15, 0.2) is 67.5 Å². The van der Waals surface area contributed by atoms with E-state index in [9.17, 15) is 9.90 Å². The minimum atomic E-state index is -0.231. The van der Waals surface area contributed by atoms with Gasteiger partial charge in [-0.05, 0) is 60.9 Å². The van der Waals surface area contributed by atoms with E-state index in [1.54, 1.807) is 36.4 Å². The Morgan fingerprint density at radius 2 is 1.82 bits per heavy atom. The highest BCUT2D eigenvalue weighted by Crippen LogP contribution is 2.26. The number of hydrogen-bond acceptors (Lipinski definition) is 4. The van der Waals surface area contributed by atoms with Crippen LogP contribution in [0.3, 0.4) is 0 Å². The van der Waals surface area contributed by atoms with Crippen LogP contribution in [0, 0.1) is 13.8 Å². The standard InChI is InChI=1S/C23H26N2O3/c1-5-20(21(26)6-2)17-8-7-9-19(14-17)25-23(27)18-12-15(3)22(16(4)13-18)28-11-10-24/h5-9,12-14,26H,1-2,10-11,24H2,3-4H3,(H,25,27)/b21-20-. The fourth-order valence-corrected chi connectivity index (χ4v) is 2.92. The van der Waals surface area contributed by atoms with Crippen molar-refractivity contribution in [2.75, 3.05) is 18.5 Å². The molecular formula is C23H26N2O3. The topological polar surface area (TPSA) is 84.6 Å². The molecule has 1 amide bonds. The highest BCUT2D eigenvalue weighted by atomic mass is 16.5. The molecule has 2 aromatic carbocycles. The smallest absolute Gasteiger partial charge is 0.255 e. The predicted octanol–water partition coefficient (Wildman–Crippen LogP) is 4.53. The zero-order valence-corrected chi connectivity index (χ0v) is 16.3. The number of carbonyl (C=O) groups is 1. The van der Waals surface area contributed by atoms with Crippen molar-refractivity contribution in [3.05, 3.63) is 89.7 Å². The molecule has 5 nitrogen and oxygen atoms in total. The van der Waals surface area contributed by atoms with Gasteiger partial charge in [-0.25, -0.2) is 0 Å². The van der Waals surface area contributed by atoms with Crippen molar-refractivity contribution in [3.8, 4) is 5.75 Å². The van der Waals surface area contributed by atoms with E-state index in [-0.39, 0.29) is 11.7 Å². The van der Waals surface area contributed by atoms with Crippen LogP contribution in [0.2, 0.25) is 0 Å². The normalized spacial score (nSPS) is 11.4. The number of nitrogens with two attached hydrogens (primary N) is 1. The van der Waals surface area contributed by atoms with E-state index in [1.165, 1.54) is 6.08 Å². The number of aliphatic hydroxyl groups is 1. The maximum absolute atomic E-state index is 12.7. The molecule has 4 N–H and O–H groups in total. The minimum Gasteiger partial charge on any atom is -0.507 e. The lowest BCUT2D eigenvalue weighted by atomic mass is 10.0. The van der Waals surface area contributed by atoms with Crippen LogP contribution >= 0.6 is 0 Å². The second kappa shape index (κ2) is 9.58. The molecule has 0 atom stereocenters. The van der Waals surface area contributed by atoms with Crippen molar-refractivity contribution in [2.24, 2.45) is 5.73 Å². The lowest BCUT2D eigenvalue weighted by Crippen LogP contribution is -2.14. The first-order chi connectivity index (χ1) is 13.4. The Balaban J connectivity index is 2.27. The predicted molar refractivity (Wildman–Crippen MR) is 115 cm³/mol. The summed E-state index contributed by atoms with van der Waals surface area (Å²) in [6.07, 6.45) is 2.90. The molecule has 146 valence electrons. The van der Waals surface area contributed by atoms with Gasteiger partial charge in [0.25, 0.3) is 5.91 Å². The summed E-state index contributed by atoms with van der Waals surface area (Å²) in [7, 11) is 0. The van der Waals surface area contributed by atoms with E-state index in [0.717, 1.165) is 22.4 Å². The maximum Gasteiger partial charge on any atom is 0.255 e. The summed E-state index contributed by atoms with van der Waals surface area (Å²) in [6.45, 7) is 11.9. The highest BCUT2D eigenvalue weighted by Gasteiger charge is 2.13. The first-order valence-corrected chi connectivity index (χ1v) is 8.95. The largest absolute Gasteiger partial charge is 0.507 e. The minimum absolute atomic E-state index is 0.0257. The number of amides is 1. The van der Waals surface area contributed by atoms with Crippen LogP contribution in [0.5, 0.6) is 5.75 Å². The van der Waals surface area contributed by atoms with Crippen LogP contribution in [-0.4, -0.2) is 24.2 Å². The number of aliphatic hydroxyl groups excluding tert-OH is 1. The number of nitrogens with one attached hydrogen (secondary N) is 1. The summed E-state index contributed by atoms with van der Waals surface area (Å²) >= 11 is 0. The first kappa shape index (κ1) is 21.0. The van der Waals surface area contributed by atoms with Crippen molar-refractivity contribution in [3.63, 3.8) is 0 Å². The van der Waals surface area contributed by atoms with Crippen LogP contribution < -0.4 is 15.8 Å². The fraction of sp³-hybridized carbons (Fsp3) is 0.174. The molecular weight excluding hydrogens is 352 g/mol. The Morgan fingerprint density at radius 3 is 2.39 bits per heavy atom. The number of allylic oxidation sites excluding steroid dienone is 3. The SMILES string of the molecule is C=C/C(O)=C(\C=C)c1cccc(NC(=O)c2cc(C)c(OCCN)c(C)c2)c1. The van der Waals surface area contributed by atoms with Crippen LogP contribution in [0.1, 0.15) is 27.0 Å². The quantitative estimate of drug-likeness (QED) is 0.465. The zero-order valence-electron chi connectivity index (χ0n) is 16.3. The van der Waals surface area contributed by atoms with Gasteiger partial charge in [-0.2, -0.15) is 0 Å². The monoisotopic (exact) mass is 378 g/mol. The molecule has 0 aromatic heterocycles. The Bertz CT molecular complexity index is 906. The zero-order chi connectivity index (χ0) is 20.7. The third kappa shape index (κ3) is 4.90. The number of hydrogen-bond donors (Lipinski definition) is 3. The number of carbonyl (C=O) groups excluding carboxylic acids is 1. The molecule has 0 bridgehead atoms. The summed E-state index contributed by atoms with van der Waals surface area (Å²) in [5.41, 5.74) is 9.65. The van der Waals surface area contributed by atoms with Crippen LogP contribution in [0.25, 0.3) is 5.57 Å². The van der Waals surface area contributed by atoms with Gasteiger partial charge in [-0.1, -0.05) is 31.4 Å². The second-order valence-electron chi connectivity index (χ2n) is 6.32. The molecule has 0 saturated carbocycles. The van der Waals surface area contributed by atoms with E-state index < -0.39 is 0 Å². The van der Waals surface area contributed by atoms with Crippen molar-refractivity contribution in [1.29, 1.82) is 0 Å². The van der Waals surface area contributed by atoms with Gasteiger partial charge in [0.15, 0.2) is 0 Å². The average Bonchev–Trinajstić information content (AvgIpc) is 2.68. The third-order valence-electron chi connectivity index (χ3n) is 4.19. The maximum atomic E-state index is 12.7. The van der Waals surface area contributed by atoms with E-state index in [0.29, 0.717) is 30.0 Å². The molecule has 0 radical (unpaired) electrons. The molecule has 0 saturated heterocycles. The number of rotatable bonds is 8. The van der Waals surface area contributed by atoms with Gasteiger partial charge >= 0.3 is 0 Å². The van der Waals surface area contributed by atoms with Crippen molar-refractivity contribution >= 4 is 17.2 Å². The van der Waals surface area contributed by atoms with Gasteiger partial charge in [0, 0.05) is 23.4 Å². The molecule has 0 aliphatic rings. The number of anilines is 1. The average molecular weight is 378 g/mol. The van der Waals surface area contributed by atoms with Gasteiger partial charge in [0.1, 0.15) is 18.1 Å². The Kier molecular flexibility index (Phi) is 7.18. The van der Waals surface area contributed by atoms with Crippen LogP contribution in [0.4, 0.5) is 5.69 Å². The van der Waals surface area contributed by atoms with Gasteiger partial charge in [-0.15, -0.1) is 0 Å². The van der Waals surface area contributed by atoms with Gasteiger partial charge < -0.3 is 20.9 Å². The van der Waals surface area contributed by atoms with Crippen molar-refractivity contribution in [2.45, 2.75) is 13.8 Å². The molecule has 0 aliphatic heterocycles. The van der Waals surface area contributed by atoms with E-state index in [1.807, 2.05) is 19.9 Å². The summed E-state index contributed by atoms with van der Waals surface area (Å²) in [5, 5.41) is 12.8. The van der Waals surface area contributed by atoms with Gasteiger partial charge in [-0.3, -0.25) is 4.79 Å². The highest BCUT2D eigenvalue weighted by molar-refractivity contribution is 6.05. The molecule has 28 heavy (non-hydrogen) atoms. The Morgan fingerprint density at radius 1 is 1.14 bits per heavy atom.